The van der Waals surface area contributed by atoms with E-state index in [9.17, 15) is 9.90 Å². The van der Waals surface area contributed by atoms with E-state index in [0.29, 0.717) is 43.2 Å². The Balaban J connectivity index is 1.30. The molecule has 1 aromatic heterocycles. The maximum absolute atomic E-state index is 13.1. The number of aryl methyl sites for hydroxylation is 1. The fourth-order valence-electron chi connectivity index (χ4n) is 5.63. The first-order valence-electron chi connectivity index (χ1n) is 13.4. The highest BCUT2D eigenvalue weighted by Crippen LogP contribution is 2.40. The van der Waals surface area contributed by atoms with Gasteiger partial charge in [0.2, 0.25) is 5.91 Å². The van der Waals surface area contributed by atoms with E-state index in [1.165, 1.54) is 0 Å². The number of methoxy groups -OCH3 is 2. The summed E-state index contributed by atoms with van der Waals surface area (Å²) in [5, 5.41) is 21.2. The summed E-state index contributed by atoms with van der Waals surface area (Å²) < 4.78 is 17.0. The molecule has 3 heterocycles. The Labute approximate surface area is 232 Å². The Kier molecular flexibility index (Phi) is 7.04. The van der Waals surface area contributed by atoms with Crippen molar-refractivity contribution in [1.82, 2.24) is 20.4 Å². The average molecular weight is 541 g/mol. The van der Waals surface area contributed by atoms with Gasteiger partial charge in [0.05, 0.1) is 26.1 Å². The zero-order valence-corrected chi connectivity index (χ0v) is 22.5. The molecule has 9 nitrogen and oxygen atoms in total. The van der Waals surface area contributed by atoms with Gasteiger partial charge in [0.15, 0.2) is 23.0 Å². The summed E-state index contributed by atoms with van der Waals surface area (Å²) in [6, 6.07) is 18.9. The smallest absolute Gasteiger partial charge is 0.220 e. The molecule has 4 bridgehead atoms. The summed E-state index contributed by atoms with van der Waals surface area (Å²) in [6.45, 7) is 2.11. The van der Waals surface area contributed by atoms with E-state index in [0.717, 1.165) is 40.2 Å². The molecule has 206 valence electrons. The van der Waals surface area contributed by atoms with Gasteiger partial charge in [-0.05, 0) is 66.1 Å². The van der Waals surface area contributed by atoms with E-state index < -0.39 is 0 Å². The molecular weight excluding hydrogens is 508 g/mol. The molecule has 1 fully saturated rings. The van der Waals surface area contributed by atoms with Crippen molar-refractivity contribution in [1.29, 1.82) is 0 Å². The number of aromatic nitrogens is 2. The summed E-state index contributed by atoms with van der Waals surface area (Å²) in [4.78, 5) is 15.4. The topological polar surface area (TPSA) is 109 Å². The average Bonchev–Trinajstić information content (AvgIpc) is 3.60. The van der Waals surface area contributed by atoms with E-state index >= 15 is 0 Å². The molecule has 9 heteroatoms. The van der Waals surface area contributed by atoms with Crippen LogP contribution < -0.4 is 19.5 Å². The van der Waals surface area contributed by atoms with Crippen LogP contribution in [0.25, 0.3) is 11.3 Å². The number of aromatic amines is 1. The number of hydrogen-bond donors (Lipinski definition) is 3. The number of carbonyl (C=O) groups is 1. The Morgan fingerprint density at radius 2 is 1.85 bits per heavy atom. The van der Waals surface area contributed by atoms with Gasteiger partial charge in [0.25, 0.3) is 0 Å². The minimum atomic E-state index is -0.0812. The third kappa shape index (κ3) is 5.20. The lowest BCUT2D eigenvalue weighted by atomic mass is 9.93. The zero-order chi connectivity index (χ0) is 27.6. The fourth-order valence-corrected chi connectivity index (χ4v) is 5.63. The predicted molar refractivity (Wildman–Crippen MR) is 150 cm³/mol. The predicted octanol–water partition coefficient (Wildman–Crippen LogP) is 4.62. The van der Waals surface area contributed by atoms with Gasteiger partial charge in [0.1, 0.15) is 5.75 Å². The molecule has 0 unspecified atom stereocenters. The number of fused-ring (bicyclic) bond motifs is 6. The molecule has 2 atom stereocenters. The summed E-state index contributed by atoms with van der Waals surface area (Å²) in [5.41, 5.74) is 5.02. The summed E-state index contributed by atoms with van der Waals surface area (Å²) in [5.74, 6) is 2.30. The molecule has 3 N–H and O–H groups in total. The number of carbonyl (C=O) groups excluding carboxylic acids is 1. The number of likely N-dealkylation sites (tertiary alicyclic amines) is 1. The molecule has 1 saturated heterocycles. The third-order valence-electron chi connectivity index (χ3n) is 7.73. The number of phenolic OH excluding ortho intramolecular Hbond substituents is 1. The van der Waals surface area contributed by atoms with Crippen LogP contribution in [-0.4, -0.2) is 59.5 Å². The number of nitrogens with zero attached hydrogens (tertiary/aromatic N) is 2. The minimum absolute atomic E-state index is 0.00242. The molecular formula is C31H32N4O5. The van der Waals surface area contributed by atoms with Crippen LogP contribution in [0.1, 0.15) is 29.0 Å². The van der Waals surface area contributed by atoms with E-state index in [2.05, 4.69) is 20.4 Å². The highest BCUT2D eigenvalue weighted by molar-refractivity contribution is 5.77. The van der Waals surface area contributed by atoms with Crippen molar-refractivity contribution in [3.63, 3.8) is 0 Å². The van der Waals surface area contributed by atoms with Gasteiger partial charge in [-0.3, -0.25) is 14.8 Å². The number of benzene rings is 3. The second-order valence-corrected chi connectivity index (χ2v) is 10.3. The second kappa shape index (κ2) is 10.9. The van der Waals surface area contributed by atoms with Crippen molar-refractivity contribution in [3.05, 3.63) is 83.6 Å². The molecule has 0 spiro atoms. The zero-order valence-electron chi connectivity index (χ0n) is 22.5. The molecule has 2 aliphatic rings. The van der Waals surface area contributed by atoms with Gasteiger partial charge < -0.3 is 24.6 Å². The summed E-state index contributed by atoms with van der Waals surface area (Å²) >= 11 is 0. The normalized spacial score (nSPS) is 18.9. The molecule has 1 amide bonds. The molecule has 0 aliphatic carbocycles. The van der Waals surface area contributed by atoms with Gasteiger partial charge in [0, 0.05) is 49.1 Å². The van der Waals surface area contributed by atoms with Gasteiger partial charge in [-0.1, -0.05) is 12.1 Å². The lowest BCUT2D eigenvalue weighted by Crippen LogP contribution is -2.39. The standard InChI is InChI=1S/C31H32N4O5/c1-38-23-8-5-20(6-9-23)31-22(15-32-34-31)16-35-17-24-21-7-11-27(39-2)29(14-21)40-28-13-19(3-10-26(28)36)4-12-30(37)33-25(24)18-35/h3,5-11,13-15,24-25,36H,4,12,16-18H2,1-2H3,(H,32,34)(H,33,37)/t24-,25+/m0/s1. The van der Waals surface area contributed by atoms with Crippen LogP contribution >= 0.6 is 0 Å². The number of amides is 1. The lowest BCUT2D eigenvalue weighted by molar-refractivity contribution is -0.121. The Bertz CT molecular complexity index is 1520. The number of aromatic hydroxyl groups is 1. The first-order valence-corrected chi connectivity index (χ1v) is 13.4. The molecule has 2 aliphatic heterocycles. The Hall–Kier alpha value is -4.50. The molecule has 3 aromatic carbocycles. The Morgan fingerprint density at radius 1 is 1.00 bits per heavy atom. The molecule has 4 aromatic rings. The van der Waals surface area contributed by atoms with Gasteiger partial charge in [-0.25, -0.2) is 0 Å². The van der Waals surface area contributed by atoms with Crippen molar-refractivity contribution in [2.24, 2.45) is 0 Å². The van der Waals surface area contributed by atoms with E-state index in [4.69, 9.17) is 14.2 Å². The van der Waals surface area contributed by atoms with Crippen molar-refractivity contribution >= 4 is 5.91 Å². The molecule has 0 radical (unpaired) electrons. The van der Waals surface area contributed by atoms with Crippen molar-refractivity contribution in [2.45, 2.75) is 31.3 Å². The molecule has 40 heavy (non-hydrogen) atoms. The van der Waals surface area contributed by atoms with E-state index in [1.807, 2.05) is 54.7 Å². The summed E-state index contributed by atoms with van der Waals surface area (Å²) in [7, 11) is 3.25. The van der Waals surface area contributed by atoms with Crippen LogP contribution in [-0.2, 0) is 17.8 Å². The van der Waals surface area contributed by atoms with Gasteiger partial charge in [-0.2, -0.15) is 5.10 Å². The van der Waals surface area contributed by atoms with Crippen LogP contribution in [0, 0.1) is 0 Å². The maximum atomic E-state index is 13.1. The summed E-state index contributed by atoms with van der Waals surface area (Å²) in [6.07, 6.45) is 2.75. The monoisotopic (exact) mass is 540 g/mol. The lowest BCUT2D eigenvalue weighted by Gasteiger charge is -2.21. The first kappa shape index (κ1) is 25.8. The fraction of sp³-hybridized carbons (Fsp3) is 0.290. The second-order valence-electron chi connectivity index (χ2n) is 10.3. The van der Waals surface area contributed by atoms with E-state index in [-0.39, 0.29) is 23.6 Å². The number of nitrogens with one attached hydrogen (secondary N) is 2. The van der Waals surface area contributed by atoms with Crippen LogP contribution in [0.3, 0.4) is 0 Å². The van der Waals surface area contributed by atoms with Crippen LogP contribution in [0.4, 0.5) is 0 Å². The number of ether oxygens (including phenoxy) is 3. The van der Waals surface area contributed by atoms with Crippen molar-refractivity contribution < 1.29 is 24.1 Å². The highest BCUT2D eigenvalue weighted by Gasteiger charge is 2.36. The SMILES string of the molecule is COc1ccc(-c2[nH]ncc2CN2C[C@H]3NC(=O)CCc4ccc(O)c(c4)Oc4cc(ccc4OC)[C@@H]3C2)cc1. The largest absolute Gasteiger partial charge is 0.504 e. The van der Waals surface area contributed by atoms with Crippen LogP contribution in [0.5, 0.6) is 28.7 Å². The minimum Gasteiger partial charge on any atom is -0.504 e. The maximum Gasteiger partial charge on any atom is 0.220 e. The van der Waals surface area contributed by atoms with Gasteiger partial charge >= 0.3 is 0 Å². The number of phenols is 1. The molecule has 0 saturated carbocycles. The highest BCUT2D eigenvalue weighted by atomic mass is 16.5. The molecule has 6 rings (SSSR count). The van der Waals surface area contributed by atoms with Crippen LogP contribution in [0.2, 0.25) is 0 Å². The Morgan fingerprint density at radius 3 is 2.65 bits per heavy atom. The number of H-pyrrole nitrogens is 1. The first-order chi connectivity index (χ1) is 19.5. The number of hydrogen-bond acceptors (Lipinski definition) is 7. The number of rotatable bonds is 5. The van der Waals surface area contributed by atoms with Crippen molar-refractivity contribution in [2.75, 3.05) is 27.3 Å². The van der Waals surface area contributed by atoms with Crippen molar-refractivity contribution in [3.8, 4) is 40.0 Å². The quantitative estimate of drug-likeness (QED) is 0.339. The van der Waals surface area contributed by atoms with Crippen LogP contribution in [0.15, 0.2) is 66.9 Å². The third-order valence-corrected chi connectivity index (χ3v) is 7.73. The van der Waals surface area contributed by atoms with Gasteiger partial charge in [-0.15, -0.1) is 0 Å². The van der Waals surface area contributed by atoms with E-state index in [1.54, 1.807) is 26.4 Å².